The summed E-state index contributed by atoms with van der Waals surface area (Å²) in [6.45, 7) is 4.85. The number of halogens is 1. The van der Waals surface area contributed by atoms with Gasteiger partial charge < -0.3 is 5.32 Å². The fraction of sp³-hybridized carbons (Fsp3) is 0.250. The summed E-state index contributed by atoms with van der Waals surface area (Å²) >= 11 is 0. The molecule has 0 radical (unpaired) electrons. The summed E-state index contributed by atoms with van der Waals surface area (Å²) in [6, 6.07) is 15.4. The third kappa shape index (κ3) is 3.17. The molecule has 2 heteroatoms. The topological polar surface area (TPSA) is 12.0 Å². The van der Waals surface area contributed by atoms with E-state index < -0.39 is 0 Å². The summed E-state index contributed by atoms with van der Waals surface area (Å²) in [6.07, 6.45) is 0. The van der Waals surface area contributed by atoms with Crippen LogP contribution >= 0.6 is 0 Å². The highest BCUT2D eigenvalue weighted by molar-refractivity contribution is 5.64. The quantitative estimate of drug-likeness (QED) is 0.856. The van der Waals surface area contributed by atoms with Crippen LogP contribution in [-0.4, -0.2) is 6.04 Å². The first kappa shape index (κ1) is 12.8. The lowest BCUT2D eigenvalue weighted by Crippen LogP contribution is -2.21. The Bertz CT molecular complexity index is 506. The van der Waals surface area contributed by atoms with Crippen molar-refractivity contribution in [3.63, 3.8) is 0 Å². The number of hydrogen-bond donors (Lipinski definition) is 1. The van der Waals surface area contributed by atoms with Crippen molar-refractivity contribution in [1.29, 1.82) is 0 Å². The Kier molecular flexibility index (Phi) is 4.11. The first-order chi connectivity index (χ1) is 8.66. The molecule has 2 aromatic carbocycles. The molecule has 0 amide bonds. The molecule has 0 saturated carbocycles. The minimum absolute atomic E-state index is 0.163. The van der Waals surface area contributed by atoms with Crippen molar-refractivity contribution in [2.24, 2.45) is 0 Å². The molecule has 18 heavy (non-hydrogen) atoms. The summed E-state index contributed by atoms with van der Waals surface area (Å²) in [5.41, 5.74) is 2.54. The summed E-state index contributed by atoms with van der Waals surface area (Å²) in [4.78, 5) is 0. The van der Waals surface area contributed by atoms with Gasteiger partial charge in [-0.25, -0.2) is 4.39 Å². The number of benzene rings is 2. The summed E-state index contributed by atoms with van der Waals surface area (Å²) in [7, 11) is 0. The van der Waals surface area contributed by atoms with Crippen LogP contribution in [0.2, 0.25) is 0 Å². The maximum Gasteiger partial charge on any atom is 0.131 e. The van der Waals surface area contributed by atoms with Crippen LogP contribution in [0.1, 0.15) is 19.4 Å². The minimum Gasteiger partial charge on any atom is -0.310 e. The van der Waals surface area contributed by atoms with Crippen molar-refractivity contribution in [1.82, 2.24) is 5.32 Å². The number of hydrogen-bond acceptors (Lipinski definition) is 1. The van der Waals surface area contributed by atoms with Gasteiger partial charge in [0.15, 0.2) is 0 Å². The Morgan fingerprint density at radius 2 is 1.78 bits per heavy atom. The van der Waals surface area contributed by atoms with Gasteiger partial charge in [-0.1, -0.05) is 56.3 Å². The normalized spacial score (nSPS) is 10.9. The van der Waals surface area contributed by atoms with E-state index in [2.05, 4.69) is 19.2 Å². The van der Waals surface area contributed by atoms with E-state index in [9.17, 15) is 4.39 Å². The second-order valence-electron chi connectivity index (χ2n) is 4.72. The van der Waals surface area contributed by atoms with E-state index in [1.165, 1.54) is 0 Å². The predicted octanol–water partition coefficient (Wildman–Crippen LogP) is 3.99. The highest BCUT2D eigenvalue weighted by Crippen LogP contribution is 2.23. The highest BCUT2D eigenvalue weighted by atomic mass is 19.1. The first-order valence-corrected chi connectivity index (χ1v) is 6.24. The van der Waals surface area contributed by atoms with Gasteiger partial charge in [0.2, 0.25) is 0 Å². The Labute approximate surface area is 108 Å². The molecule has 0 atom stereocenters. The Morgan fingerprint density at radius 3 is 2.39 bits per heavy atom. The zero-order valence-electron chi connectivity index (χ0n) is 10.8. The van der Waals surface area contributed by atoms with Gasteiger partial charge in [-0.05, 0) is 17.2 Å². The SMILES string of the molecule is CC(C)NCc1ccc(-c2ccccc2)c(F)c1. The molecule has 1 N–H and O–H groups in total. The van der Waals surface area contributed by atoms with E-state index in [1.54, 1.807) is 6.07 Å². The van der Waals surface area contributed by atoms with Gasteiger partial charge in [0, 0.05) is 18.2 Å². The summed E-state index contributed by atoms with van der Waals surface area (Å²) in [5.74, 6) is -0.163. The maximum atomic E-state index is 14.0. The van der Waals surface area contributed by atoms with Crippen molar-refractivity contribution in [3.8, 4) is 11.1 Å². The molecular formula is C16H18FN. The van der Waals surface area contributed by atoms with Crippen LogP contribution in [0.3, 0.4) is 0 Å². The molecule has 0 aliphatic rings. The van der Waals surface area contributed by atoms with Gasteiger partial charge in [0.1, 0.15) is 5.82 Å². The number of rotatable bonds is 4. The van der Waals surface area contributed by atoms with E-state index in [-0.39, 0.29) is 5.82 Å². The standard InChI is InChI=1S/C16H18FN/c1-12(2)18-11-13-8-9-15(16(17)10-13)14-6-4-3-5-7-14/h3-10,12,18H,11H2,1-2H3. The van der Waals surface area contributed by atoms with Gasteiger partial charge >= 0.3 is 0 Å². The average Bonchev–Trinajstić information content (AvgIpc) is 2.37. The van der Waals surface area contributed by atoms with Crippen LogP contribution in [0.25, 0.3) is 11.1 Å². The average molecular weight is 243 g/mol. The van der Waals surface area contributed by atoms with Crippen LogP contribution in [0, 0.1) is 5.82 Å². The molecule has 0 heterocycles. The van der Waals surface area contributed by atoms with Crippen molar-refractivity contribution in [2.45, 2.75) is 26.4 Å². The fourth-order valence-electron chi connectivity index (χ4n) is 1.84. The Morgan fingerprint density at radius 1 is 1.06 bits per heavy atom. The van der Waals surface area contributed by atoms with Crippen molar-refractivity contribution >= 4 is 0 Å². The molecule has 2 aromatic rings. The second-order valence-corrected chi connectivity index (χ2v) is 4.72. The predicted molar refractivity (Wildman–Crippen MR) is 73.8 cm³/mol. The fourth-order valence-corrected chi connectivity index (χ4v) is 1.84. The molecule has 0 aliphatic heterocycles. The largest absolute Gasteiger partial charge is 0.310 e. The lowest BCUT2D eigenvalue weighted by atomic mass is 10.0. The van der Waals surface area contributed by atoms with Crippen LogP contribution < -0.4 is 5.32 Å². The van der Waals surface area contributed by atoms with Crippen molar-refractivity contribution < 1.29 is 4.39 Å². The molecule has 0 spiro atoms. The smallest absolute Gasteiger partial charge is 0.131 e. The monoisotopic (exact) mass is 243 g/mol. The van der Waals surface area contributed by atoms with Crippen LogP contribution in [0.15, 0.2) is 48.5 Å². The van der Waals surface area contributed by atoms with Gasteiger partial charge in [0.05, 0.1) is 0 Å². The summed E-state index contributed by atoms with van der Waals surface area (Å²) < 4.78 is 14.0. The molecule has 0 fully saturated rings. The highest BCUT2D eigenvalue weighted by Gasteiger charge is 2.05. The Balaban J connectivity index is 2.20. The van der Waals surface area contributed by atoms with E-state index in [0.29, 0.717) is 18.2 Å². The van der Waals surface area contributed by atoms with Crippen LogP contribution in [0.5, 0.6) is 0 Å². The zero-order valence-corrected chi connectivity index (χ0v) is 10.8. The van der Waals surface area contributed by atoms with E-state index in [1.807, 2.05) is 42.5 Å². The Hall–Kier alpha value is -1.67. The van der Waals surface area contributed by atoms with Crippen molar-refractivity contribution in [2.75, 3.05) is 0 Å². The van der Waals surface area contributed by atoms with Gasteiger partial charge in [0.25, 0.3) is 0 Å². The first-order valence-electron chi connectivity index (χ1n) is 6.24. The van der Waals surface area contributed by atoms with E-state index in [4.69, 9.17) is 0 Å². The van der Waals surface area contributed by atoms with Crippen LogP contribution in [-0.2, 0) is 6.54 Å². The minimum atomic E-state index is -0.163. The third-order valence-electron chi connectivity index (χ3n) is 2.83. The summed E-state index contributed by atoms with van der Waals surface area (Å²) in [5, 5.41) is 3.28. The molecule has 0 bridgehead atoms. The lowest BCUT2D eigenvalue weighted by molar-refractivity contribution is 0.582. The van der Waals surface area contributed by atoms with Gasteiger partial charge in [-0.3, -0.25) is 0 Å². The maximum absolute atomic E-state index is 14.0. The molecular weight excluding hydrogens is 225 g/mol. The molecule has 0 saturated heterocycles. The van der Waals surface area contributed by atoms with Gasteiger partial charge in [-0.15, -0.1) is 0 Å². The zero-order chi connectivity index (χ0) is 13.0. The van der Waals surface area contributed by atoms with Crippen molar-refractivity contribution in [3.05, 3.63) is 59.9 Å². The molecule has 0 unspecified atom stereocenters. The van der Waals surface area contributed by atoms with Gasteiger partial charge in [-0.2, -0.15) is 0 Å². The molecule has 94 valence electrons. The molecule has 0 aliphatic carbocycles. The number of nitrogens with one attached hydrogen (secondary N) is 1. The van der Waals surface area contributed by atoms with E-state index in [0.717, 1.165) is 11.1 Å². The van der Waals surface area contributed by atoms with Crippen LogP contribution in [0.4, 0.5) is 4.39 Å². The third-order valence-corrected chi connectivity index (χ3v) is 2.83. The molecule has 2 rings (SSSR count). The molecule has 1 nitrogen and oxygen atoms in total. The lowest BCUT2D eigenvalue weighted by Gasteiger charge is -2.10. The second kappa shape index (κ2) is 5.78. The molecule has 0 aromatic heterocycles. The van der Waals surface area contributed by atoms with E-state index >= 15 is 0 Å².